The Morgan fingerprint density at radius 3 is 1.21 bits per heavy atom. The highest BCUT2D eigenvalue weighted by Gasteiger charge is 2.25. The Balaban J connectivity index is 2.13. The Kier molecular flexibility index (Phi) is 36.2. The Bertz CT molecular complexity index is 884. The van der Waals surface area contributed by atoms with Crippen molar-refractivity contribution in [2.75, 3.05) is 26.4 Å². The summed E-state index contributed by atoms with van der Waals surface area (Å²) in [6.07, 6.45) is 42.5. The second-order valence-corrected chi connectivity index (χ2v) is 16.7. The van der Waals surface area contributed by atoms with Crippen molar-refractivity contribution in [1.29, 1.82) is 0 Å². The molecule has 0 aliphatic carbocycles. The third-order valence-electron chi connectivity index (χ3n) is 10.2. The van der Waals surface area contributed by atoms with E-state index in [1.54, 1.807) is 24.3 Å². The molecule has 52 heavy (non-hydrogen) atoms. The number of hydrogen-bond acceptors (Lipinski definition) is 5. The van der Waals surface area contributed by atoms with Crippen LogP contribution in [0.15, 0.2) is 30.3 Å². The average molecular weight is 753 g/mol. The Hall–Kier alpha value is -0.910. The summed E-state index contributed by atoms with van der Waals surface area (Å²) in [6.45, 7) is 6.15. The maximum atomic E-state index is 12.6. The molecule has 1 rings (SSSR count). The molecule has 6 nitrogen and oxygen atoms in total. The normalized spacial score (nSPS) is 13.4. The van der Waals surface area contributed by atoms with Gasteiger partial charge in [-0.05, 0) is 25.0 Å². The smallest absolute Gasteiger partial charge is 0.404 e. The fourth-order valence-electron chi connectivity index (χ4n) is 6.83. The van der Waals surface area contributed by atoms with Gasteiger partial charge in [-0.2, -0.15) is 0 Å². The summed E-state index contributed by atoms with van der Waals surface area (Å²) >= 11 is 0. The van der Waals surface area contributed by atoms with Gasteiger partial charge in [-0.15, -0.1) is 0 Å². The molecule has 1 aromatic carbocycles. The van der Waals surface area contributed by atoms with Crippen LogP contribution in [0.5, 0.6) is 5.75 Å². The van der Waals surface area contributed by atoms with Gasteiger partial charge in [0.2, 0.25) is 0 Å². The first-order valence-electron chi connectivity index (χ1n) is 22.5. The highest BCUT2D eigenvalue weighted by Crippen LogP contribution is 2.43. The molecule has 0 amide bonds. The molecule has 0 saturated carbocycles. The fourth-order valence-corrected chi connectivity index (χ4v) is 7.63. The zero-order valence-electron chi connectivity index (χ0n) is 34.4. The highest BCUT2D eigenvalue weighted by atomic mass is 31.2. The summed E-state index contributed by atoms with van der Waals surface area (Å²) in [4.78, 5) is 10.3. The van der Waals surface area contributed by atoms with Gasteiger partial charge in [0.15, 0.2) is 0 Å². The molecule has 0 bridgehead atoms. The van der Waals surface area contributed by atoms with Gasteiger partial charge in [0.05, 0.1) is 13.2 Å². The van der Waals surface area contributed by atoms with Gasteiger partial charge in [0.1, 0.15) is 11.9 Å². The van der Waals surface area contributed by atoms with Crippen LogP contribution in [0.2, 0.25) is 0 Å². The average Bonchev–Trinajstić information content (AvgIpc) is 3.14. The van der Waals surface area contributed by atoms with E-state index in [0.717, 1.165) is 19.3 Å². The van der Waals surface area contributed by atoms with Gasteiger partial charge in [-0.3, -0.25) is 9.42 Å². The van der Waals surface area contributed by atoms with Gasteiger partial charge in [0.25, 0.3) is 0 Å². The lowest BCUT2D eigenvalue weighted by molar-refractivity contribution is -0.0426. The molecule has 0 fully saturated rings. The molecular weight excluding hydrogens is 667 g/mol. The second kappa shape index (κ2) is 38.4. The van der Waals surface area contributed by atoms with Crippen molar-refractivity contribution < 1.29 is 28.0 Å². The van der Waals surface area contributed by atoms with Crippen molar-refractivity contribution in [2.24, 2.45) is 0 Å². The van der Waals surface area contributed by atoms with Crippen molar-refractivity contribution in [3.8, 4) is 5.75 Å². The summed E-state index contributed by atoms with van der Waals surface area (Å²) in [5.74, 6) is 0.304. The number of unbranched alkanes of at least 4 members (excludes halogenated alkanes) is 30. The maximum absolute atomic E-state index is 12.6. The summed E-state index contributed by atoms with van der Waals surface area (Å²) in [5, 5.41) is 0. The number of phosphoric ester groups is 1. The lowest BCUT2D eigenvalue weighted by Gasteiger charge is -2.20. The van der Waals surface area contributed by atoms with Gasteiger partial charge in [-0.25, -0.2) is 4.57 Å². The zero-order valence-corrected chi connectivity index (χ0v) is 35.3. The minimum Gasteiger partial charge on any atom is -0.404 e. The quantitative estimate of drug-likeness (QED) is 0.0529. The van der Waals surface area contributed by atoms with Crippen LogP contribution in [0, 0.1) is 0 Å². The summed E-state index contributed by atoms with van der Waals surface area (Å²) in [5.41, 5.74) is 0. The van der Waals surface area contributed by atoms with E-state index in [9.17, 15) is 9.46 Å². The third-order valence-corrected chi connectivity index (χ3v) is 11.1. The van der Waals surface area contributed by atoms with E-state index < -0.39 is 13.9 Å². The molecule has 0 saturated heterocycles. The molecule has 1 unspecified atom stereocenters. The van der Waals surface area contributed by atoms with Crippen LogP contribution in [0.4, 0.5) is 0 Å². The van der Waals surface area contributed by atoms with Crippen molar-refractivity contribution in [3.63, 3.8) is 0 Å². The van der Waals surface area contributed by atoms with E-state index in [1.165, 1.54) is 186 Å². The van der Waals surface area contributed by atoms with Crippen LogP contribution in [0.1, 0.15) is 219 Å². The van der Waals surface area contributed by atoms with E-state index in [1.807, 2.05) is 6.07 Å². The highest BCUT2D eigenvalue weighted by molar-refractivity contribution is 7.47. The number of para-hydroxylation sites is 1. The van der Waals surface area contributed by atoms with Crippen LogP contribution in [0.25, 0.3) is 0 Å². The molecule has 1 aromatic rings. The number of hydrogen-bond donors (Lipinski definition) is 1. The maximum Gasteiger partial charge on any atom is 0.527 e. The van der Waals surface area contributed by atoms with Crippen molar-refractivity contribution in [3.05, 3.63) is 30.3 Å². The van der Waals surface area contributed by atoms with Crippen molar-refractivity contribution >= 4 is 7.82 Å². The Morgan fingerprint density at radius 2 is 0.827 bits per heavy atom. The standard InChI is InChI=1S/C45H85O6P/c1-3-5-7-9-11-13-15-17-19-21-23-25-27-29-31-36-40-48-42-45(43-50-52(46,47)51-44-38-34-33-35-39-44)49-41-37-32-30-28-26-24-22-20-18-16-14-12-10-8-6-4-2/h33-35,38-39,45H,3-32,36-37,40-43H2,1-2H3,(H,46,47)/t45-/m0/s1. The van der Waals surface area contributed by atoms with E-state index in [2.05, 4.69) is 13.8 Å². The lowest BCUT2D eigenvalue weighted by Crippen LogP contribution is -2.26. The molecule has 0 heterocycles. The molecule has 0 spiro atoms. The van der Waals surface area contributed by atoms with Gasteiger partial charge < -0.3 is 14.0 Å². The van der Waals surface area contributed by atoms with Crippen LogP contribution >= 0.6 is 7.82 Å². The summed E-state index contributed by atoms with van der Waals surface area (Å²) in [7, 11) is -4.26. The topological polar surface area (TPSA) is 74.2 Å². The van der Waals surface area contributed by atoms with Gasteiger partial charge in [-0.1, -0.05) is 225 Å². The monoisotopic (exact) mass is 753 g/mol. The van der Waals surface area contributed by atoms with Gasteiger partial charge >= 0.3 is 7.82 Å². The number of ether oxygens (including phenoxy) is 2. The van der Waals surface area contributed by atoms with Gasteiger partial charge in [0, 0.05) is 13.2 Å². The molecule has 2 atom stereocenters. The van der Waals surface area contributed by atoms with E-state index in [-0.39, 0.29) is 6.61 Å². The van der Waals surface area contributed by atoms with Crippen LogP contribution < -0.4 is 4.52 Å². The van der Waals surface area contributed by atoms with Crippen molar-refractivity contribution in [2.45, 2.75) is 225 Å². The largest absolute Gasteiger partial charge is 0.527 e. The molecular formula is C45H85O6P. The molecule has 7 heteroatoms. The molecule has 306 valence electrons. The second-order valence-electron chi connectivity index (χ2n) is 15.3. The molecule has 0 aliphatic rings. The predicted octanol–water partition coefficient (Wildman–Crippen LogP) is 15.1. The molecule has 0 aromatic heterocycles. The van der Waals surface area contributed by atoms with E-state index in [4.69, 9.17) is 18.5 Å². The minimum absolute atomic E-state index is 0.0432. The first kappa shape index (κ1) is 49.1. The Labute approximate surface area is 322 Å². The fraction of sp³-hybridized carbons (Fsp3) is 0.867. The first-order valence-corrected chi connectivity index (χ1v) is 24.0. The molecule has 1 N–H and O–H groups in total. The minimum atomic E-state index is -4.26. The molecule has 0 aliphatic heterocycles. The van der Waals surface area contributed by atoms with E-state index in [0.29, 0.717) is 25.6 Å². The summed E-state index contributed by atoms with van der Waals surface area (Å²) in [6, 6.07) is 8.62. The third kappa shape index (κ3) is 34.8. The van der Waals surface area contributed by atoms with Crippen LogP contribution in [0.3, 0.4) is 0 Å². The first-order chi connectivity index (χ1) is 25.6. The number of benzene rings is 1. The number of rotatable bonds is 42. The Morgan fingerprint density at radius 1 is 0.481 bits per heavy atom. The van der Waals surface area contributed by atoms with E-state index >= 15 is 0 Å². The zero-order chi connectivity index (χ0) is 37.5. The molecule has 0 radical (unpaired) electrons. The van der Waals surface area contributed by atoms with Crippen LogP contribution in [-0.4, -0.2) is 37.4 Å². The van der Waals surface area contributed by atoms with Crippen molar-refractivity contribution in [1.82, 2.24) is 0 Å². The predicted molar refractivity (Wildman–Crippen MR) is 222 cm³/mol. The summed E-state index contributed by atoms with van der Waals surface area (Å²) < 4.78 is 35.2. The van der Waals surface area contributed by atoms with Crippen LogP contribution in [-0.2, 0) is 18.6 Å². The SMILES string of the molecule is CCCCCCCCCCCCCCCCCCOC[C@@H](COP(=O)(O)Oc1ccccc1)OCCCCCCCCCCCCCCCCCC. The number of phosphoric acid groups is 1. The lowest BCUT2D eigenvalue weighted by atomic mass is 10.0.